The number of rotatable bonds is 4. The van der Waals surface area contributed by atoms with Crippen LogP contribution in [0, 0.1) is 16.0 Å². The molecule has 0 unspecified atom stereocenters. The maximum atomic E-state index is 13.0. The van der Waals surface area contributed by atoms with Crippen LogP contribution < -0.4 is 10.2 Å². The van der Waals surface area contributed by atoms with Crippen LogP contribution in [0.3, 0.4) is 0 Å². The van der Waals surface area contributed by atoms with Gasteiger partial charge in [-0.15, -0.1) is 0 Å². The Labute approximate surface area is 157 Å². The summed E-state index contributed by atoms with van der Waals surface area (Å²) >= 11 is 0. The molecule has 2 atom stereocenters. The van der Waals surface area contributed by atoms with E-state index in [1.54, 1.807) is 24.5 Å². The second-order valence-electron chi connectivity index (χ2n) is 7.22. The molecule has 0 radical (unpaired) electrons. The Morgan fingerprint density at radius 1 is 1.33 bits per heavy atom. The Hall–Kier alpha value is -2.96. The van der Waals surface area contributed by atoms with Gasteiger partial charge in [0.05, 0.1) is 10.8 Å². The van der Waals surface area contributed by atoms with Gasteiger partial charge >= 0.3 is 0 Å². The van der Waals surface area contributed by atoms with Crippen molar-refractivity contribution in [1.29, 1.82) is 0 Å². The molecule has 7 nitrogen and oxygen atoms in total. The van der Waals surface area contributed by atoms with Crippen LogP contribution in [0.4, 0.5) is 11.4 Å². The molecule has 1 fully saturated rings. The third-order valence-corrected chi connectivity index (χ3v) is 5.56. The number of fused-ring (bicyclic) bond motifs is 3. The first-order chi connectivity index (χ1) is 13.1. The second-order valence-corrected chi connectivity index (χ2v) is 7.22. The highest BCUT2D eigenvalue weighted by atomic mass is 16.6. The van der Waals surface area contributed by atoms with Crippen molar-refractivity contribution in [2.75, 3.05) is 11.4 Å². The van der Waals surface area contributed by atoms with Crippen LogP contribution in [0.15, 0.2) is 42.7 Å². The molecule has 0 aliphatic carbocycles. The lowest BCUT2D eigenvalue weighted by atomic mass is 9.80. The summed E-state index contributed by atoms with van der Waals surface area (Å²) in [5.74, 6) is -0.190. The molecule has 1 saturated heterocycles. The predicted molar refractivity (Wildman–Crippen MR) is 101 cm³/mol. The Kier molecular flexibility index (Phi) is 4.75. The summed E-state index contributed by atoms with van der Waals surface area (Å²) < 4.78 is 0. The Morgan fingerprint density at radius 2 is 2.22 bits per heavy atom. The number of piperidine rings is 1. The van der Waals surface area contributed by atoms with Crippen molar-refractivity contribution in [1.82, 2.24) is 10.3 Å². The summed E-state index contributed by atoms with van der Waals surface area (Å²) in [7, 11) is 0. The van der Waals surface area contributed by atoms with E-state index in [4.69, 9.17) is 0 Å². The lowest BCUT2D eigenvalue weighted by Gasteiger charge is -2.45. The largest absolute Gasteiger partial charge is 0.368 e. The van der Waals surface area contributed by atoms with Crippen molar-refractivity contribution in [3.8, 4) is 0 Å². The summed E-state index contributed by atoms with van der Waals surface area (Å²) in [5, 5.41) is 14.2. The second kappa shape index (κ2) is 7.34. The molecule has 140 valence electrons. The molecule has 27 heavy (non-hydrogen) atoms. The van der Waals surface area contributed by atoms with Crippen LogP contribution in [0.25, 0.3) is 0 Å². The fourth-order valence-corrected chi connectivity index (χ4v) is 4.27. The Bertz CT molecular complexity index is 856. The van der Waals surface area contributed by atoms with E-state index < -0.39 is 0 Å². The van der Waals surface area contributed by atoms with Gasteiger partial charge in [-0.2, -0.15) is 0 Å². The van der Waals surface area contributed by atoms with Gasteiger partial charge in [0, 0.05) is 49.3 Å². The Morgan fingerprint density at radius 3 is 3.00 bits per heavy atom. The van der Waals surface area contributed by atoms with Gasteiger partial charge in [-0.25, -0.2) is 0 Å². The van der Waals surface area contributed by atoms with Crippen LogP contribution in [-0.2, 0) is 17.8 Å². The first-order valence-corrected chi connectivity index (χ1v) is 9.34. The zero-order valence-electron chi connectivity index (χ0n) is 15.0. The average molecular weight is 366 g/mol. The van der Waals surface area contributed by atoms with Gasteiger partial charge in [0.25, 0.3) is 5.69 Å². The lowest BCUT2D eigenvalue weighted by molar-refractivity contribution is -0.384. The molecule has 2 aliphatic heterocycles. The van der Waals surface area contributed by atoms with Crippen molar-refractivity contribution < 1.29 is 9.72 Å². The number of nitrogens with zero attached hydrogens (tertiary/aromatic N) is 3. The number of hydrogen-bond donors (Lipinski definition) is 1. The van der Waals surface area contributed by atoms with E-state index in [-0.39, 0.29) is 28.5 Å². The summed E-state index contributed by atoms with van der Waals surface area (Å²) in [6.07, 6.45) is 7.15. The molecule has 4 rings (SSSR count). The SMILES string of the molecule is O=C(NCc1cccnc1)[C@@H]1Cc2cc([N+](=O)[O-])ccc2N2CCCC[C@H]12. The minimum Gasteiger partial charge on any atom is -0.368 e. The molecule has 2 aromatic rings. The van der Waals surface area contributed by atoms with Crippen molar-refractivity contribution >= 4 is 17.3 Å². The highest BCUT2D eigenvalue weighted by molar-refractivity contribution is 5.82. The molecular weight excluding hydrogens is 344 g/mol. The molecule has 0 spiro atoms. The molecule has 0 saturated carbocycles. The minimum absolute atomic E-state index is 0.00732. The normalized spacial score (nSPS) is 21.1. The van der Waals surface area contributed by atoms with Gasteiger partial charge in [0.15, 0.2) is 0 Å². The number of nitro benzene ring substituents is 1. The van der Waals surface area contributed by atoms with Gasteiger partial charge < -0.3 is 10.2 Å². The van der Waals surface area contributed by atoms with Crippen molar-refractivity contribution in [3.63, 3.8) is 0 Å². The molecular formula is C20H22N4O3. The number of aromatic nitrogens is 1. The van der Waals surface area contributed by atoms with Gasteiger partial charge in [-0.05, 0) is 48.9 Å². The first kappa shape index (κ1) is 17.5. The number of carbonyl (C=O) groups excluding carboxylic acids is 1. The maximum Gasteiger partial charge on any atom is 0.269 e. The number of benzene rings is 1. The molecule has 7 heteroatoms. The molecule has 1 amide bonds. The molecule has 1 aromatic heterocycles. The number of carbonyl (C=O) groups is 1. The fourth-order valence-electron chi connectivity index (χ4n) is 4.27. The highest BCUT2D eigenvalue weighted by Crippen LogP contribution is 2.39. The zero-order valence-corrected chi connectivity index (χ0v) is 15.0. The van der Waals surface area contributed by atoms with E-state index in [0.29, 0.717) is 13.0 Å². The van der Waals surface area contributed by atoms with E-state index in [0.717, 1.165) is 42.6 Å². The Balaban J connectivity index is 1.57. The van der Waals surface area contributed by atoms with E-state index in [9.17, 15) is 14.9 Å². The molecule has 1 aromatic carbocycles. The standard InChI is InChI=1S/C20H22N4O3/c25-20(22-13-14-4-3-8-21-12-14)17-11-15-10-16(24(26)27)6-7-18(15)23-9-2-1-5-19(17)23/h3-4,6-8,10,12,17,19H,1-2,5,9,11,13H2,(H,22,25)/t17-,19-/m1/s1. The van der Waals surface area contributed by atoms with Gasteiger partial charge in [-0.1, -0.05) is 6.07 Å². The summed E-state index contributed by atoms with van der Waals surface area (Å²) in [5.41, 5.74) is 2.97. The van der Waals surface area contributed by atoms with Gasteiger partial charge in [0.2, 0.25) is 5.91 Å². The van der Waals surface area contributed by atoms with Gasteiger partial charge in [0.1, 0.15) is 0 Å². The number of hydrogen-bond acceptors (Lipinski definition) is 5. The lowest BCUT2D eigenvalue weighted by Crippen LogP contribution is -2.53. The topological polar surface area (TPSA) is 88.4 Å². The summed E-state index contributed by atoms with van der Waals surface area (Å²) in [4.78, 5) is 30.1. The maximum absolute atomic E-state index is 13.0. The minimum atomic E-state index is -0.375. The number of anilines is 1. The van der Waals surface area contributed by atoms with Crippen molar-refractivity contribution in [2.24, 2.45) is 5.92 Å². The fraction of sp³-hybridized carbons (Fsp3) is 0.400. The summed E-state index contributed by atoms with van der Waals surface area (Å²) in [6.45, 7) is 1.33. The highest BCUT2D eigenvalue weighted by Gasteiger charge is 2.39. The first-order valence-electron chi connectivity index (χ1n) is 9.34. The van der Waals surface area contributed by atoms with E-state index >= 15 is 0 Å². The quantitative estimate of drug-likeness (QED) is 0.664. The van der Waals surface area contributed by atoms with E-state index in [2.05, 4.69) is 15.2 Å². The average Bonchev–Trinajstić information content (AvgIpc) is 2.71. The number of nitrogens with one attached hydrogen (secondary N) is 1. The monoisotopic (exact) mass is 366 g/mol. The van der Waals surface area contributed by atoms with Gasteiger partial charge in [-0.3, -0.25) is 19.9 Å². The van der Waals surface area contributed by atoms with Crippen LogP contribution in [0.5, 0.6) is 0 Å². The molecule has 0 bridgehead atoms. The number of nitro groups is 1. The molecule has 1 N–H and O–H groups in total. The van der Waals surface area contributed by atoms with Crippen LogP contribution in [0.1, 0.15) is 30.4 Å². The van der Waals surface area contributed by atoms with Crippen molar-refractivity contribution in [3.05, 3.63) is 64.0 Å². The number of pyridine rings is 1. The van der Waals surface area contributed by atoms with Crippen LogP contribution in [0.2, 0.25) is 0 Å². The van der Waals surface area contributed by atoms with Crippen LogP contribution >= 0.6 is 0 Å². The third kappa shape index (κ3) is 3.49. The molecule has 2 aliphatic rings. The van der Waals surface area contributed by atoms with E-state index in [1.165, 1.54) is 0 Å². The van der Waals surface area contributed by atoms with E-state index in [1.807, 2.05) is 18.2 Å². The number of amides is 1. The van der Waals surface area contributed by atoms with Crippen molar-refractivity contribution in [2.45, 2.75) is 38.3 Å². The third-order valence-electron chi connectivity index (χ3n) is 5.56. The predicted octanol–water partition coefficient (Wildman–Crippen LogP) is 2.84. The number of non-ortho nitro benzene ring substituents is 1. The zero-order chi connectivity index (χ0) is 18.8. The smallest absolute Gasteiger partial charge is 0.269 e. The summed E-state index contributed by atoms with van der Waals surface area (Å²) in [6, 6.07) is 8.96. The molecule has 3 heterocycles. The van der Waals surface area contributed by atoms with Crippen LogP contribution in [-0.4, -0.2) is 28.4 Å².